The van der Waals surface area contributed by atoms with Crippen LogP contribution in [0.25, 0.3) is 0 Å². The van der Waals surface area contributed by atoms with Gasteiger partial charge >= 0.3 is 5.97 Å². The first-order valence-electron chi connectivity index (χ1n) is 6.70. The summed E-state index contributed by atoms with van der Waals surface area (Å²) in [6.07, 6.45) is 0.956. The van der Waals surface area contributed by atoms with E-state index in [1.165, 1.54) is 23.5 Å². The van der Waals surface area contributed by atoms with Gasteiger partial charge in [-0.2, -0.15) is 0 Å². The summed E-state index contributed by atoms with van der Waals surface area (Å²) in [7, 11) is 0. The van der Waals surface area contributed by atoms with Gasteiger partial charge < -0.3 is 4.84 Å². The van der Waals surface area contributed by atoms with Crippen LogP contribution in [0.2, 0.25) is 0 Å². The van der Waals surface area contributed by atoms with Gasteiger partial charge in [-0.05, 0) is 48.4 Å². The molecular formula is C16H14FNO2S. The molecule has 0 bridgehead atoms. The van der Waals surface area contributed by atoms with Gasteiger partial charge in [-0.1, -0.05) is 23.4 Å². The van der Waals surface area contributed by atoms with E-state index in [2.05, 4.69) is 5.16 Å². The van der Waals surface area contributed by atoms with Crippen molar-refractivity contribution in [2.75, 3.05) is 0 Å². The van der Waals surface area contributed by atoms with Crippen LogP contribution in [0, 0.1) is 11.7 Å². The number of rotatable bonds is 4. The van der Waals surface area contributed by atoms with Gasteiger partial charge in [0.15, 0.2) is 0 Å². The van der Waals surface area contributed by atoms with Crippen LogP contribution in [-0.4, -0.2) is 11.7 Å². The molecule has 0 aliphatic heterocycles. The molecule has 2 aromatic rings. The van der Waals surface area contributed by atoms with Gasteiger partial charge in [0.1, 0.15) is 10.7 Å². The fourth-order valence-electron chi connectivity index (χ4n) is 2.36. The van der Waals surface area contributed by atoms with E-state index < -0.39 is 5.97 Å². The van der Waals surface area contributed by atoms with E-state index >= 15 is 0 Å². The molecule has 0 radical (unpaired) electrons. The third kappa shape index (κ3) is 3.19. The normalized spacial score (nSPS) is 21.1. The Bertz CT molecular complexity index is 664. The van der Waals surface area contributed by atoms with Crippen molar-refractivity contribution in [1.29, 1.82) is 0 Å². The number of benzene rings is 1. The number of thiophene rings is 1. The summed E-state index contributed by atoms with van der Waals surface area (Å²) in [5.41, 5.74) is 1.90. The Morgan fingerprint density at radius 2 is 2.10 bits per heavy atom. The van der Waals surface area contributed by atoms with E-state index in [-0.39, 0.29) is 11.7 Å². The molecule has 3 nitrogen and oxygen atoms in total. The minimum atomic E-state index is -0.427. The molecule has 5 heteroatoms. The van der Waals surface area contributed by atoms with Crippen LogP contribution in [0.5, 0.6) is 0 Å². The maximum Gasteiger partial charge on any atom is 0.375 e. The predicted octanol–water partition coefficient (Wildman–Crippen LogP) is 4.22. The zero-order valence-electron chi connectivity index (χ0n) is 11.5. The lowest BCUT2D eigenvalue weighted by atomic mass is 10.1. The lowest BCUT2D eigenvalue weighted by Crippen LogP contribution is -2.03. The van der Waals surface area contributed by atoms with Crippen LogP contribution >= 0.6 is 11.3 Å². The zero-order chi connectivity index (χ0) is 14.8. The molecular weight excluding hydrogens is 289 g/mol. The highest BCUT2D eigenvalue weighted by atomic mass is 32.1. The molecule has 108 valence electrons. The quantitative estimate of drug-likeness (QED) is 0.482. The highest BCUT2D eigenvalue weighted by Crippen LogP contribution is 2.48. The zero-order valence-corrected chi connectivity index (χ0v) is 12.3. The van der Waals surface area contributed by atoms with Crippen molar-refractivity contribution < 1.29 is 14.0 Å². The largest absolute Gasteiger partial charge is 0.375 e. The summed E-state index contributed by atoms with van der Waals surface area (Å²) in [4.78, 5) is 17.2. The van der Waals surface area contributed by atoms with Crippen molar-refractivity contribution in [3.8, 4) is 0 Å². The van der Waals surface area contributed by atoms with Crippen molar-refractivity contribution in [1.82, 2.24) is 0 Å². The van der Waals surface area contributed by atoms with Crippen LogP contribution in [0.1, 0.15) is 34.5 Å². The molecule has 1 aliphatic rings. The molecule has 1 aromatic carbocycles. The Labute approximate surface area is 126 Å². The summed E-state index contributed by atoms with van der Waals surface area (Å²) in [6.45, 7) is 1.86. The van der Waals surface area contributed by atoms with E-state index in [9.17, 15) is 9.18 Å². The Morgan fingerprint density at radius 3 is 2.76 bits per heavy atom. The fourth-order valence-corrected chi connectivity index (χ4v) is 2.95. The third-order valence-corrected chi connectivity index (χ3v) is 4.47. The summed E-state index contributed by atoms with van der Waals surface area (Å²) in [5.74, 6) is -0.0454. The standard InChI is InChI=1S/C16H14FNO2S/c1-10(18-20-16(19)15-3-2-8-21-15)13-9-14(13)11-4-6-12(17)7-5-11/h2-8,13-14H,9H2,1H3/b18-10-/t13-,14-/m0/s1. The van der Waals surface area contributed by atoms with Crippen molar-refractivity contribution in [2.24, 2.45) is 11.1 Å². The first kappa shape index (κ1) is 13.9. The number of carbonyl (C=O) groups is 1. The molecule has 21 heavy (non-hydrogen) atoms. The van der Waals surface area contributed by atoms with Crippen LogP contribution in [-0.2, 0) is 4.84 Å². The Kier molecular flexibility index (Phi) is 3.84. The number of halogens is 1. The highest BCUT2D eigenvalue weighted by Gasteiger charge is 2.40. The molecule has 1 aliphatic carbocycles. The van der Waals surface area contributed by atoms with Crippen LogP contribution in [0.15, 0.2) is 46.9 Å². The van der Waals surface area contributed by atoms with E-state index in [4.69, 9.17) is 4.84 Å². The molecule has 1 aromatic heterocycles. The van der Waals surface area contributed by atoms with Crippen LogP contribution < -0.4 is 0 Å². The maximum atomic E-state index is 12.9. The van der Waals surface area contributed by atoms with Gasteiger partial charge in [0.05, 0.1) is 5.71 Å². The van der Waals surface area contributed by atoms with Crippen molar-refractivity contribution >= 4 is 23.0 Å². The summed E-state index contributed by atoms with van der Waals surface area (Å²) in [5, 5.41) is 5.75. The molecule has 2 atom stereocenters. The average Bonchev–Trinajstić information content (AvgIpc) is 3.09. The summed E-state index contributed by atoms with van der Waals surface area (Å²) in [6, 6.07) is 10.0. The first-order valence-corrected chi connectivity index (χ1v) is 7.58. The number of carbonyl (C=O) groups excluding carboxylic acids is 1. The van der Waals surface area contributed by atoms with Gasteiger partial charge in [0.2, 0.25) is 0 Å². The number of nitrogens with zero attached hydrogens (tertiary/aromatic N) is 1. The minimum absolute atomic E-state index is 0.230. The molecule has 0 amide bonds. The molecule has 0 spiro atoms. The maximum absolute atomic E-state index is 12.9. The second-order valence-electron chi connectivity index (χ2n) is 5.09. The Hall–Kier alpha value is -2.01. The summed E-state index contributed by atoms with van der Waals surface area (Å²) >= 11 is 1.33. The van der Waals surface area contributed by atoms with E-state index in [1.807, 2.05) is 12.3 Å². The molecule has 3 rings (SSSR count). The van der Waals surface area contributed by atoms with Crippen LogP contribution in [0.3, 0.4) is 0 Å². The monoisotopic (exact) mass is 303 g/mol. The molecule has 0 saturated heterocycles. The first-order chi connectivity index (χ1) is 10.1. The number of hydrogen-bond donors (Lipinski definition) is 0. The fraction of sp³-hybridized carbons (Fsp3) is 0.250. The van der Waals surface area contributed by atoms with Gasteiger partial charge in [0, 0.05) is 5.92 Å². The van der Waals surface area contributed by atoms with Crippen molar-refractivity contribution in [3.05, 3.63) is 58.0 Å². The third-order valence-electron chi connectivity index (χ3n) is 3.62. The molecule has 0 unspecified atom stereocenters. The predicted molar refractivity (Wildman–Crippen MR) is 80.1 cm³/mol. The highest BCUT2D eigenvalue weighted by molar-refractivity contribution is 7.11. The Balaban J connectivity index is 1.59. The molecule has 1 saturated carbocycles. The number of oxime groups is 1. The van der Waals surface area contributed by atoms with Crippen molar-refractivity contribution in [2.45, 2.75) is 19.3 Å². The second kappa shape index (κ2) is 5.77. The van der Waals surface area contributed by atoms with Crippen molar-refractivity contribution in [3.63, 3.8) is 0 Å². The molecule has 1 heterocycles. The van der Waals surface area contributed by atoms with E-state index in [0.717, 1.165) is 17.7 Å². The SMILES string of the molecule is C/C(=N/OC(=O)c1cccs1)[C@@H]1C[C@H]1c1ccc(F)cc1. The van der Waals surface area contributed by atoms with Gasteiger partial charge in [-0.15, -0.1) is 11.3 Å². The smallest absolute Gasteiger partial charge is 0.312 e. The lowest BCUT2D eigenvalue weighted by molar-refractivity contribution is 0.0520. The lowest BCUT2D eigenvalue weighted by Gasteiger charge is -2.01. The van der Waals surface area contributed by atoms with Gasteiger partial charge in [-0.25, -0.2) is 9.18 Å². The van der Waals surface area contributed by atoms with Crippen LogP contribution in [0.4, 0.5) is 4.39 Å². The topological polar surface area (TPSA) is 38.7 Å². The Morgan fingerprint density at radius 1 is 1.33 bits per heavy atom. The van der Waals surface area contributed by atoms with E-state index in [0.29, 0.717) is 10.8 Å². The van der Waals surface area contributed by atoms with Gasteiger partial charge in [-0.3, -0.25) is 0 Å². The molecule has 1 fully saturated rings. The van der Waals surface area contributed by atoms with E-state index in [1.54, 1.807) is 24.3 Å². The van der Waals surface area contributed by atoms with Gasteiger partial charge in [0.25, 0.3) is 0 Å². The minimum Gasteiger partial charge on any atom is -0.312 e. The number of hydrogen-bond acceptors (Lipinski definition) is 4. The summed E-state index contributed by atoms with van der Waals surface area (Å²) < 4.78 is 12.9. The molecule has 0 N–H and O–H groups in total. The second-order valence-corrected chi connectivity index (χ2v) is 6.04. The average molecular weight is 303 g/mol.